The van der Waals surface area contributed by atoms with Gasteiger partial charge in [-0.2, -0.15) is 5.26 Å². The highest BCUT2D eigenvalue weighted by Crippen LogP contribution is 2.38. The number of aromatic nitrogens is 2. The van der Waals surface area contributed by atoms with Crippen molar-refractivity contribution in [1.29, 1.82) is 5.26 Å². The summed E-state index contributed by atoms with van der Waals surface area (Å²) in [5.41, 5.74) is 4.34. The van der Waals surface area contributed by atoms with Gasteiger partial charge >= 0.3 is 0 Å². The van der Waals surface area contributed by atoms with Gasteiger partial charge in [-0.3, -0.25) is 0 Å². The third-order valence-electron chi connectivity index (χ3n) is 6.27. The second kappa shape index (κ2) is 7.51. The Morgan fingerprint density at radius 3 is 2.50 bits per heavy atom. The van der Waals surface area contributed by atoms with Gasteiger partial charge in [0.25, 0.3) is 0 Å². The number of halogens is 1. The van der Waals surface area contributed by atoms with Crippen molar-refractivity contribution in [1.82, 2.24) is 15.3 Å². The third-order valence-corrected chi connectivity index (χ3v) is 6.27. The fourth-order valence-corrected chi connectivity index (χ4v) is 4.54. The molecule has 3 aromatic rings. The van der Waals surface area contributed by atoms with Crippen molar-refractivity contribution in [2.45, 2.75) is 12.8 Å². The molecular formula is C24H22FN5. The molecule has 6 heteroatoms. The van der Waals surface area contributed by atoms with Gasteiger partial charge in [-0.15, -0.1) is 0 Å². The van der Waals surface area contributed by atoms with Crippen LogP contribution in [0.2, 0.25) is 0 Å². The van der Waals surface area contributed by atoms with Gasteiger partial charge in [-0.05, 0) is 49.2 Å². The summed E-state index contributed by atoms with van der Waals surface area (Å²) in [7, 11) is 0. The van der Waals surface area contributed by atoms with E-state index in [2.05, 4.69) is 21.3 Å². The zero-order valence-corrected chi connectivity index (χ0v) is 16.6. The van der Waals surface area contributed by atoms with E-state index >= 15 is 0 Å². The first-order valence-corrected chi connectivity index (χ1v) is 10.3. The van der Waals surface area contributed by atoms with Crippen molar-refractivity contribution >= 4 is 5.95 Å². The number of nitrogens with one attached hydrogen (secondary N) is 1. The Kier molecular flexibility index (Phi) is 4.68. The molecule has 0 bridgehead atoms. The molecule has 2 aromatic carbocycles. The summed E-state index contributed by atoms with van der Waals surface area (Å²) >= 11 is 0. The Bertz CT molecular complexity index is 1100. The molecule has 2 aliphatic heterocycles. The lowest BCUT2D eigenvalue weighted by Crippen LogP contribution is -2.30. The molecule has 0 amide bonds. The molecule has 3 heterocycles. The highest BCUT2D eigenvalue weighted by atomic mass is 19.1. The standard InChI is InChI=1S/C24H22FN5/c25-20-7-5-18(6-8-20)21-14-28-23(30-12-10-24(16-30)9-11-27-15-24)29-22(21)19-3-1-17(13-26)2-4-19/h1-8,14,27H,9-12,15-16H2. The number of hydrogen-bond donors (Lipinski definition) is 1. The van der Waals surface area contributed by atoms with Crippen LogP contribution >= 0.6 is 0 Å². The van der Waals surface area contributed by atoms with Crippen molar-refractivity contribution in [3.8, 4) is 28.5 Å². The third kappa shape index (κ3) is 3.42. The van der Waals surface area contributed by atoms with Crippen LogP contribution in [0.1, 0.15) is 18.4 Å². The Balaban J connectivity index is 1.56. The maximum atomic E-state index is 13.4. The predicted molar refractivity (Wildman–Crippen MR) is 114 cm³/mol. The van der Waals surface area contributed by atoms with Gasteiger partial charge < -0.3 is 10.2 Å². The number of nitriles is 1. The minimum Gasteiger partial charge on any atom is -0.340 e. The van der Waals surface area contributed by atoms with E-state index in [1.54, 1.807) is 24.3 Å². The van der Waals surface area contributed by atoms with Crippen molar-refractivity contribution in [3.63, 3.8) is 0 Å². The molecule has 5 rings (SSSR count). The van der Waals surface area contributed by atoms with Crippen LogP contribution in [0, 0.1) is 22.6 Å². The number of hydrogen-bond acceptors (Lipinski definition) is 5. The smallest absolute Gasteiger partial charge is 0.225 e. The van der Waals surface area contributed by atoms with Crippen LogP contribution in [-0.4, -0.2) is 36.1 Å². The Hall–Kier alpha value is -3.30. The van der Waals surface area contributed by atoms with Gasteiger partial charge in [-0.1, -0.05) is 24.3 Å². The van der Waals surface area contributed by atoms with Gasteiger partial charge in [0, 0.05) is 42.4 Å². The molecule has 150 valence electrons. The number of nitrogens with zero attached hydrogens (tertiary/aromatic N) is 4. The minimum atomic E-state index is -0.274. The molecule has 0 aliphatic carbocycles. The SMILES string of the molecule is N#Cc1ccc(-c2nc(N3CCC4(CCNC4)C3)ncc2-c2ccc(F)cc2)cc1. The normalized spacial score (nSPS) is 20.6. The first-order valence-electron chi connectivity index (χ1n) is 10.3. The molecule has 2 aliphatic rings. The van der Waals surface area contributed by atoms with Crippen LogP contribution in [0.4, 0.5) is 10.3 Å². The van der Waals surface area contributed by atoms with Crippen molar-refractivity contribution < 1.29 is 4.39 Å². The second-order valence-electron chi connectivity index (χ2n) is 8.23. The van der Waals surface area contributed by atoms with Crippen LogP contribution in [0.25, 0.3) is 22.4 Å². The average molecular weight is 399 g/mol. The first-order chi connectivity index (χ1) is 14.7. The van der Waals surface area contributed by atoms with Crippen LogP contribution in [0.3, 0.4) is 0 Å². The summed E-state index contributed by atoms with van der Waals surface area (Å²) < 4.78 is 13.4. The van der Waals surface area contributed by atoms with E-state index in [-0.39, 0.29) is 5.82 Å². The van der Waals surface area contributed by atoms with Gasteiger partial charge in [0.05, 0.1) is 17.3 Å². The maximum Gasteiger partial charge on any atom is 0.225 e. The highest BCUT2D eigenvalue weighted by molar-refractivity contribution is 5.81. The largest absolute Gasteiger partial charge is 0.340 e. The summed E-state index contributed by atoms with van der Waals surface area (Å²) in [6.45, 7) is 4.04. The first kappa shape index (κ1) is 18.7. The minimum absolute atomic E-state index is 0.274. The van der Waals surface area contributed by atoms with Gasteiger partial charge in [0.15, 0.2) is 0 Å². The molecule has 1 unspecified atom stereocenters. The van der Waals surface area contributed by atoms with Crippen molar-refractivity contribution in [2.24, 2.45) is 5.41 Å². The summed E-state index contributed by atoms with van der Waals surface area (Å²) in [4.78, 5) is 11.9. The van der Waals surface area contributed by atoms with E-state index in [9.17, 15) is 4.39 Å². The molecule has 0 radical (unpaired) electrons. The van der Waals surface area contributed by atoms with Crippen LogP contribution in [0.5, 0.6) is 0 Å². The molecule has 1 N–H and O–H groups in total. The molecule has 1 atom stereocenters. The highest BCUT2D eigenvalue weighted by Gasteiger charge is 2.41. The lowest BCUT2D eigenvalue weighted by atomic mass is 9.87. The molecule has 5 nitrogen and oxygen atoms in total. The van der Waals surface area contributed by atoms with Gasteiger partial charge in [0.2, 0.25) is 5.95 Å². The van der Waals surface area contributed by atoms with Gasteiger partial charge in [0.1, 0.15) is 5.82 Å². The topological polar surface area (TPSA) is 64.8 Å². The van der Waals surface area contributed by atoms with E-state index in [0.717, 1.165) is 60.9 Å². The summed E-state index contributed by atoms with van der Waals surface area (Å²) in [6.07, 6.45) is 4.18. The van der Waals surface area contributed by atoms with Crippen LogP contribution in [-0.2, 0) is 0 Å². The maximum absolute atomic E-state index is 13.4. The Morgan fingerprint density at radius 2 is 1.80 bits per heavy atom. The zero-order chi connectivity index (χ0) is 20.6. The molecule has 1 aromatic heterocycles. The molecule has 2 fully saturated rings. The lowest BCUT2D eigenvalue weighted by molar-refractivity contribution is 0.369. The Labute approximate surface area is 175 Å². The predicted octanol–water partition coefficient (Wildman–Crippen LogP) is 4.01. The fraction of sp³-hybridized carbons (Fsp3) is 0.292. The summed E-state index contributed by atoms with van der Waals surface area (Å²) in [6, 6.07) is 15.9. The molecule has 1 spiro atoms. The second-order valence-corrected chi connectivity index (χ2v) is 8.23. The van der Waals surface area contributed by atoms with E-state index < -0.39 is 0 Å². The number of rotatable bonds is 3. The van der Waals surface area contributed by atoms with Crippen molar-refractivity contribution in [3.05, 3.63) is 66.1 Å². The quantitative estimate of drug-likeness (QED) is 0.721. The van der Waals surface area contributed by atoms with E-state index in [0.29, 0.717) is 11.0 Å². The number of anilines is 1. The van der Waals surface area contributed by atoms with Crippen LogP contribution < -0.4 is 10.2 Å². The number of benzene rings is 2. The summed E-state index contributed by atoms with van der Waals surface area (Å²) in [5.74, 6) is 0.452. The van der Waals surface area contributed by atoms with E-state index in [4.69, 9.17) is 10.2 Å². The average Bonchev–Trinajstić information content (AvgIpc) is 3.44. The van der Waals surface area contributed by atoms with Gasteiger partial charge in [-0.25, -0.2) is 14.4 Å². The van der Waals surface area contributed by atoms with Crippen molar-refractivity contribution in [2.75, 3.05) is 31.1 Å². The molecule has 30 heavy (non-hydrogen) atoms. The lowest BCUT2D eigenvalue weighted by Gasteiger charge is -2.23. The molecular weight excluding hydrogens is 377 g/mol. The van der Waals surface area contributed by atoms with E-state index in [1.165, 1.54) is 18.6 Å². The monoisotopic (exact) mass is 399 g/mol. The molecule has 0 saturated carbocycles. The zero-order valence-electron chi connectivity index (χ0n) is 16.6. The summed E-state index contributed by atoms with van der Waals surface area (Å²) in [5, 5.41) is 12.6. The van der Waals surface area contributed by atoms with Crippen LogP contribution in [0.15, 0.2) is 54.7 Å². The Morgan fingerprint density at radius 1 is 1.03 bits per heavy atom. The van der Waals surface area contributed by atoms with E-state index in [1.807, 2.05) is 18.3 Å². The fourth-order valence-electron chi connectivity index (χ4n) is 4.54. The molecule has 2 saturated heterocycles.